The predicted molar refractivity (Wildman–Crippen MR) is 98.5 cm³/mol. The molecule has 0 aliphatic rings. The van der Waals surface area contributed by atoms with E-state index in [2.05, 4.69) is 39.6 Å². The van der Waals surface area contributed by atoms with Crippen LogP contribution in [0.25, 0.3) is 10.8 Å². The van der Waals surface area contributed by atoms with Gasteiger partial charge < -0.3 is 5.32 Å². The number of aromatic nitrogens is 2. The molecular weight excluding hydrogens is 294 g/mol. The molecule has 0 aliphatic heterocycles. The Hall–Kier alpha value is -3.20. The number of pyridine rings is 2. The summed E-state index contributed by atoms with van der Waals surface area (Å²) >= 11 is 0. The van der Waals surface area contributed by atoms with E-state index in [-0.39, 0.29) is 0 Å². The normalized spacial score (nSPS) is 10.7. The molecule has 0 saturated heterocycles. The number of nitrogens with one attached hydrogen (secondary N) is 1. The Balaban J connectivity index is 1.74. The quantitative estimate of drug-likeness (QED) is 0.578. The number of para-hydroxylation sites is 1. The van der Waals surface area contributed by atoms with Gasteiger partial charge in [0.25, 0.3) is 0 Å². The van der Waals surface area contributed by atoms with Gasteiger partial charge in [-0.1, -0.05) is 42.5 Å². The van der Waals surface area contributed by atoms with Gasteiger partial charge in [-0.2, -0.15) is 0 Å². The summed E-state index contributed by atoms with van der Waals surface area (Å²) in [6, 6.07) is 22.6. The molecular formula is C21H17N3. The van der Waals surface area contributed by atoms with Crippen molar-refractivity contribution in [3.05, 3.63) is 96.4 Å². The maximum Gasteiger partial charge on any atom is 0.138 e. The van der Waals surface area contributed by atoms with Gasteiger partial charge in [0.05, 0.1) is 0 Å². The maximum atomic E-state index is 4.67. The van der Waals surface area contributed by atoms with Gasteiger partial charge in [-0.15, -0.1) is 0 Å². The third-order valence-corrected chi connectivity index (χ3v) is 4.06. The number of nitrogens with zero attached hydrogens (tertiary/aromatic N) is 2. The van der Waals surface area contributed by atoms with Crippen LogP contribution in [0.4, 0.5) is 11.5 Å². The summed E-state index contributed by atoms with van der Waals surface area (Å²) in [5.74, 6) is 0.885. The summed E-state index contributed by atoms with van der Waals surface area (Å²) < 4.78 is 0. The zero-order valence-corrected chi connectivity index (χ0v) is 13.2. The summed E-state index contributed by atoms with van der Waals surface area (Å²) in [6.07, 6.45) is 6.47. The second kappa shape index (κ2) is 6.50. The van der Waals surface area contributed by atoms with Gasteiger partial charge in [0, 0.05) is 29.7 Å². The molecule has 24 heavy (non-hydrogen) atoms. The molecule has 2 aromatic heterocycles. The van der Waals surface area contributed by atoms with E-state index in [0.717, 1.165) is 23.3 Å². The van der Waals surface area contributed by atoms with Crippen molar-refractivity contribution in [3.63, 3.8) is 0 Å². The molecule has 1 N–H and O–H groups in total. The van der Waals surface area contributed by atoms with Gasteiger partial charge in [-0.3, -0.25) is 4.98 Å². The Morgan fingerprint density at radius 1 is 0.750 bits per heavy atom. The average molecular weight is 311 g/mol. The fourth-order valence-electron chi connectivity index (χ4n) is 2.87. The Labute approximate surface area is 141 Å². The number of rotatable bonds is 4. The standard InChI is InChI=1S/C21H17N3/c1-2-6-18(7-3-1)24-21-20-9-5-4-8-19(20)17(15-23-21)14-16-10-12-22-13-11-16/h1-13,15H,14H2,(H,23,24). The molecule has 0 saturated carbocycles. The van der Waals surface area contributed by atoms with Crippen molar-refractivity contribution >= 4 is 22.3 Å². The molecule has 2 aromatic carbocycles. The van der Waals surface area contributed by atoms with E-state index in [9.17, 15) is 0 Å². The topological polar surface area (TPSA) is 37.8 Å². The van der Waals surface area contributed by atoms with E-state index in [4.69, 9.17) is 0 Å². The van der Waals surface area contributed by atoms with Crippen molar-refractivity contribution in [3.8, 4) is 0 Å². The van der Waals surface area contributed by atoms with Crippen LogP contribution in [0.2, 0.25) is 0 Å². The number of benzene rings is 2. The van der Waals surface area contributed by atoms with E-state index >= 15 is 0 Å². The van der Waals surface area contributed by atoms with Crippen LogP contribution >= 0.6 is 0 Å². The number of hydrogen-bond donors (Lipinski definition) is 1. The lowest BCUT2D eigenvalue weighted by atomic mass is 10.0. The molecule has 0 amide bonds. The summed E-state index contributed by atoms with van der Waals surface area (Å²) in [6.45, 7) is 0. The largest absolute Gasteiger partial charge is 0.340 e. The Morgan fingerprint density at radius 3 is 2.25 bits per heavy atom. The minimum atomic E-state index is 0.849. The van der Waals surface area contributed by atoms with Crippen molar-refractivity contribution in [1.82, 2.24) is 9.97 Å². The molecule has 0 spiro atoms. The first-order valence-electron chi connectivity index (χ1n) is 7.98. The third kappa shape index (κ3) is 2.97. The SMILES string of the molecule is c1ccc(Nc2ncc(Cc3ccncc3)c3ccccc23)cc1. The number of hydrogen-bond acceptors (Lipinski definition) is 3. The summed E-state index contributed by atoms with van der Waals surface area (Å²) in [7, 11) is 0. The second-order valence-electron chi connectivity index (χ2n) is 5.70. The first-order chi connectivity index (χ1) is 11.9. The lowest BCUT2D eigenvalue weighted by molar-refractivity contribution is 1.15. The van der Waals surface area contributed by atoms with Crippen molar-refractivity contribution < 1.29 is 0 Å². The molecule has 116 valence electrons. The molecule has 4 aromatic rings. The van der Waals surface area contributed by atoms with Crippen molar-refractivity contribution in [2.45, 2.75) is 6.42 Å². The smallest absolute Gasteiger partial charge is 0.138 e. The highest BCUT2D eigenvalue weighted by Crippen LogP contribution is 2.28. The summed E-state index contributed by atoms with van der Waals surface area (Å²) in [4.78, 5) is 8.76. The van der Waals surface area contributed by atoms with Gasteiger partial charge >= 0.3 is 0 Å². The fraction of sp³-hybridized carbons (Fsp3) is 0.0476. The zero-order valence-electron chi connectivity index (χ0n) is 13.2. The predicted octanol–water partition coefficient (Wildman–Crippen LogP) is 4.96. The molecule has 0 fully saturated rings. The molecule has 4 rings (SSSR count). The van der Waals surface area contributed by atoms with Crippen molar-refractivity contribution in [1.29, 1.82) is 0 Å². The molecule has 0 atom stereocenters. The lowest BCUT2D eigenvalue weighted by Gasteiger charge is -2.12. The molecule has 3 heteroatoms. The van der Waals surface area contributed by atoms with Gasteiger partial charge in [0.1, 0.15) is 5.82 Å². The van der Waals surface area contributed by atoms with Crippen LogP contribution in [0.1, 0.15) is 11.1 Å². The van der Waals surface area contributed by atoms with E-state index in [1.807, 2.05) is 61.1 Å². The van der Waals surface area contributed by atoms with Crippen molar-refractivity contribution in [2.75, 3.05) is 5.32 Å². The Bertz CT molecular complexity index is 870. The van der Waals surface area contributed by atoms with Crippen LogP contribution in [-0.4, -0.2) is 9.97 Å². The Kier molecular flexibility index (Phi) is 3.90. The minimum absolute atomic E-state index is 0.849. The number of fused-ring (bicyclic) bond motifs is 1. The third-order valence-electron chi connectivity index (χ3n) is 4.06. The van der Waals surface area contributed by atoms with Gasteiger partial charge in [-0.05, 0) is 47.2 Å². The van der Waals surface area contributed by atoms with Crippen LogP contribution in [0, 0.1) is 0 Å². The highest BCUT2D eigenvalue weighted by atomic mass is 15.0. The monoisotopic (exact) mass is 311 g/mol. The van der Waals surface area contributed by atoms with Gasteiger partial charge in [-0.25, -0.2) is 4.98 Å². The van der Waals surface area contributed by atoms with Gasteiger partial charge in [0.15, 0.2) is 0 Å². The second-order valence-corrected chi connectivity index (χ2v) is 5.70. The first-order valence-corrected chi connectivity index (χ1v) is 7.98. The average Bonchev–Trinajstić information content (AvgIpc) is 2.65. The van der Waals surface area contributed by atoms with Gasteiger partial charge in [0.2, 0.25) is 0 Å². The van der Waals surface area contributed by atoms with Crippen molar-refractivity contribution in [2.24, 2.45) is 0 Å². The van der Waals surface area contributed by atoms with Crippen LogP contribution in [0.5, 0.6) is 0 Å². The molecule has 0 radical (unpaired) electrons. The Morgan fingerprint density at radius 2 is 1.46 bits per heavy atom. The van der Waals surface area contributed by atoms with Crippen LogP contribution in [0.15, 0.2) is 85.3 Å². The first kappa shape index (κ1) is 14.4. The highest BCUT2D eigenvalue weighted by Gasteiger charge is 2.08. The minimum Gasteiger partial charge on any atom is -0.340 e. The van der Waals surface area contributed by atoms with Crippen LogP contribution < -0.4 is 5.32 Å². The maximum absolute atomic E-state index is 4.67. The van der Waals surface area contributed by atoms with E-state index in [1.165, 1.54) is 16.5 Å². The highest BCUT2D eigenvalue weighted by molar-refractivity contribution is 5.95. The van der Waals surface area contributed by atoms with E-state index in [0.29, 0.717) is 0 Å². The molecule has 3 nitrogen and oxygen atoms in total. The fourth-order valence-corrected chi connectivity index (χ4v) is 2.87. The molecule has 0 bridgehead atoms. The summed E-state index contributed by atoms with van der Waals surface area (Å²) in [5.41, 5.74) is 3.49. The van der Waals surface area contributed by atoms with E-state index < -0.39 is 0 Å². The molecule has 0 aliphatic carbocycles. The molecule has 0 unspecified atom stereocenters. The molecule has 2 heterocycles. The van der Waals surface area contributed by atoms with Crippen LogP contribution in [-0.2, 0) is 6.42 Å². The zero-order chi connectivity index (χ0) is 16.2. The van der Waals surface area contributed by atoms with E-state index in [1.54, 1.807) is 0 Å². The lowest BCUT2D eigenvalue weighted by Crippen LogP contribution is -1.98. The van der Waals surface area contributed by atoms with Crippen LogP contribution in [0.3, 0.4) is 0 Å². The number of anilines is 2. The summed E-state index contributed by atoms with van der Waals surface area (Å²) in [5, 5.41) is 5.77.